The number of ether oxygens (including phenoxy) is 2. The van der Waals surface area contributed by atoms with E-state index in [1.54, 1.807) is 17.0 Å². The molecule has 188 valence electrons. The lowest BCUT2D eigenvalue weighted by molar-refractivity contribution is -0.141. The Kier molecular flexibility index (Phi) is 8.55. The van der Waals surface area contributed by atoms with Crippen molar-refractivity contribution in [3.63, 3.8) is 0 Å². The minimum absolute atomic E-state index is 0.151. The van der Waals surface area contributed by atoms with E-state index in [9.17, 15) is 14.0 Å². The van der Waals surface area contributed by atoms with Crippen LogP contribution >= 0.6 is 0 Å². The first-order valence-electron chi connectivity index (χ1n) is 12.3. The summed E-state index contributed by atoms with van der Waals surface area (Å²) in [4.78, 5) is 28.4. The number of nitrogens with zero attached hydrogens (tertiary/aromatic N) is 1. The van der Waals surface area contributed by atoms with Gasteiger partial charge in [-0.3, -0.25) is 9.59 Å². The van der Waals surface area contributed by atoms with E-state index in [0.717, 1.165) is 16.7 Å². The Morgan fingerprint density at radius 3 is 2.33 bits per heavy atom. The van der Waals surface area contributed by atoms with E-state index < -0.39 is 6.04 Å². The Morgan fingerprint density at radius 1 is 0.917 bits per heavy atom. The van der Waals surface area contributed by atoms with Gasteiger partial charge in [-0.2, -0.15) is 0 Å². The van der Waals surface area contributed by atoms with Crippen LogP contribution in [0, 0.1) is 5.82 Å². The van der Waals surface area contributed by atoms with Gasteiger partial charge in [0.2, 0.25) is 11.8 Å². The maximum absolute atomic E-state index is 13.6. The molecule has 4 rings (SSSR count). The lowest BCUT2D eigenvalue weighted by Crippen LogP contribution is -2.50. The molecule has 0 unspecified atom stereocenters. The van der Waals surface area contributed by atoms with Crippen LogP contribution in [0.5, 0.6) is 11.5 Å². The van der Waals surface area contributed by atoms with Crippen molar-refractivity contribution in [3.8, 4) is 11.5 Å². The average Bonchev–Trinajstić information content (AvgIpc) is 2.91. The van der Waals surface area contributed by atoms with Crippen LogP contribution in [0.25, 0.3) is 0 Å². The number of carbonyl (C=O) groups excluding carboxylic acids is 2. The van der Waals surface area contributed by atoms with Gasteiger partial charge in [0.15, 0.2) is 11.5 Å². The van der Waals surface area contributed by atoms with Gasteiger partial charge in [-0.1, -0.05) is 48.5 Å². The molecule has 0 aliphatic carbocycles. The Labute approximate surface area is 211 Å². The average molecular weight is 491 g/mol. The van der Waals surface area contributed by atoms with Crippen LogP contribution in [-0.4, -0.2) is 42.5 Å². The van der Waals surface area contributed by atoms with Crippen LogP contribution < -0.4 is 14.8 Å². The van der Waals surface area contributed by atoms with Crippen molar-refractivity contribution in [3.05, 3.63) is 95.3 Å². The number of nitrogens with one attached hydrogen (secondary N) is 1. The maximum Gasteiger partial charge on any atom is 0.243 e. The van der Waals surface area contributed by atoms with Crippen molar-refractivity contribution in [2.24, 2.45) is 0 Å². The molecule has 1 heterocycles. The highest BCUT2D eigenvalue weighted by atomic mass is 19.1. The molecule has 7 heteroatoms. The van der Waals surface area contributed by atoms with Gasteiger partial charge < -0.3 is 19.7 Å². The highest BCUT2D eigenvalue weighted by Gasteiger charge is 2.30. The number of likely N-dealkylation sites (N-methyl/N-ethyl adjacent to an activating group) is 1. The fourth-order valence-electron chi connectivity index (χ4n) is 4.27. The zero-order chi connectivity index (χ0) is 25.3. The third kappa shape index (κ3) is 6.62. The van der Waals surface area contributed by atoms with E-state index in [0.29, 0.717) is 44.1 Å². The summed E-state index contributed by atoms with van der Waals surface area (Å²) in [5.41, 5.74) is 2.66. The number of fused-ring (bicyclic) bond motifs is 1. The number of halogens is 1. The third-order valence-electron chi connectivity index (χ3n) is 6.12. The molecule has 0 fully saturated rings. The van der Waals surface area contributed by atoms with Crippen molar-refractivity contribution in [1.29, 1.82) is 0 Å². The number of carbonyl (C=O) groups is 2. The van der Waals surface area contributed by atoms with Crippen molar-refractivity contribution < 1.29 is 23.5 Å². The number of hydrogen-bond donors (Lipinski definition) is 1. The fraction of sp³-hybridized carbons (Fsp3) is 0.310. The minimum atomic E-state index is -0.704. The molecule has 1 N–H and O–H groups in total. The maximum atomic E-state index is 13.6. The van der Waals surface area contributed by atoms with E-state index in [2.05, 4.69) is 5.32 Å². The fourth-order valence-corrected chi connectivity index (χ4v) is 4.27. The van der Waals surface area contributed by atoms with E-state index in [-0.39, 0.29) is 30.6 Å². The van der Waals surface area contributed by atoms with Crippen LogP contribution in [0.1, 0.15) is 30.0 Å². The van der Waals surface area contributed by atoms with Gasteiger partial charge in [0.05, 0.1) is 0 Å². The molecule has 0 saturated carbocycles. The highest BCUT2D eigenvalue weighted by Crippen LogP contribution is 2.31. The summed E-state index contributed by atoms with van der Waals surface area (Å²) in [6.45, 7) is 3.53. The standard InChI is InChI=1S/C29H31FN2O4/c1-2-31-29(34)25(18-21-6-4-3-5-7-21)32(20-23-8-12-24(30)13-9-23)28(33)15-11-22-10-14-26-27(19-22)36-17-16-35-26/h3-10,12-14,19,25H,2,11,15-18,20H2,1H3,(H,31,34)/t25-/m1/s1. The molecule has 0 saturated heterocycles. The Balaban J connectivity index is 1.57. The second kappa shape index (κ2) is 12.2. The zero-order valence-corrected chi connectivity index (χ0v) is 20.4. The topological polar surface area (TPSA) is 67.9 Å². The molecule has 3 aromatic carbocycles. The number of benzene rings is 3. The SMILES string of the molecule is CCNC(=O)[C@@H](Cc1ccccc1)N(Cc1ccc(F)cc1)C(=O)CCc1ccc2c(c1)OCCO2. The predicted octanol–water partition coefficient (Wildman–Crippen LogP) is 4.31. The smallest absolute Gasteiger partial charge is 0.243 e. The van der Waals surface area contributed by atoms with Crippen molar-refractivity contribution in [2.45, 2.75) is 38.8 Å². The number of rotatable bonds is 10. The number of amides is 2. The second-order valence-corrected chi connectivity index (χ2v) is 8.73. The summed E-state index contributed by atoms with van der Waals surface area (Å²) >= 11 is 0. The monoisotopic (exact) mass is 490 g/mol. The molecule has 1 atom stereocenters. The van der Waals surface area contributed by atoms with Gasteiger partial charge >= 0.3 is 0 Å². The van der Waals surface area contributed by atoms with E-state index in [1.165, 1.54) is 12.1 Å². The molecule has 2 amide bonds. The largest absolute Gasteiger partial charge is 0.486 e. The molecule has 0 radical (unpaired) electrons. The highest BCUT2D eigenvalue weighted by molar-refractivity contribution is 5.88. The van der Waals surface area contributed by atoms with E-state index >= 15 is 0 Å². The summed E-state index contributed by atoms with van der Waals surface area (Å²) in [7, 11) is 0. The zero-order valence-electron chi connectivity index (χ0n) is 20.4. The first-order valence-corrected chi connectivity index (χ1v) is 12.3. The van der Waals surface area contributed by atoms with Crippen LogP contribution in [0.15, 0.2) is 72.8 Å². The van der Waals surface area contributed by atoms with Gasteiger partial charge in [0.25, 0.3) is 0 Å². The van der Waals surface area contributed by atoms with Crippen LogP contribution in [0.4, 0.5) is 4.39 Å². The molecule has 0 aromatic heterocycles. The van der Waals surface area contributed by atoms with Crippen LogP contribution in [0.2, 0.25) is 0 Å². The van der Waals surface area contributed by atoms with Crippen molar-refractivity contribution in [2.75, 3.05) is 19.8 Å². The lowest BCUT2D eigenvalue weighted by atomic mass is 10.0. The van der Waals surface area contributed by atoms with Crippen molar-refractivity contribution in [1.82, 2.24) is 10.2 Å². The summed E-state index contributed by atoms with van der Waals surface area (Å²) in [5.74, 6) is 0.671. The third-order valence-corrected chi connectivity index (χ3v) is 6.12. The van der Waals surface area contributed by atoms with Gasteiger partial charge in [0, 0.05) is 25.9 Å². The molecular weight excluding hydrogens is 459 g/mol. The van der Waals surface area contributed by atoms with Gasteiger partial charge in [0.1, 0.15) is 25.1 Å². The molecule has 0 bridgehead atoms. The van der Waals surface area contributed by atoms with Gasteiger partial charge in [-0.15, -0.1) is 0 Å². The number of aryl methyl sites for hydroxylation is 1. The summed E-state index contributed by atoms with van der Waals surface area (Å²) in [6.07, 6.45) is 1.08. The Morgan fingerprint density at radius 2 is 1.61 bits per heavy atom. The molecule has 0 spiro atoms. The molecule has 1 aliphatic rings. The van der Waals surface area contributed by atoms with Gasteiger partial charge in [-0.25, -0.2) is 4.39 Å². The molecular formula is C29H31FN2O4. The summed E-state index contributed by atoms with van der Waals surface area (Å²) in [5, 5.41) is 2.88. The van der Waals surface area contributed by atoms with Crippen LogP contribution in [-0.2, 0) is 29.0 Å². The Hall–Kier alpha value is -3.87. The Bertz CT molecular complexity index is 1170. The molecule has 3 aromatic rings. The van der Waals surface area contributed by atoms with E-state index in [4.69, 9.17) is 9.47 Å². The van der Waals surface area contributed by atoms with Gasteiger partial charge in [-0.05, 0) is 54.3 Å². The number of hydrogen-bond acceptors (Lipinski definition) is 4. The quantitative estimate of drug-likeness (QED) is 0.460. The summed E-state index contributed by atoms with van der Waals surface area (Å²) < 4.78 is 24.8. The first-order chi connectivity index (χ1) is 17.5. The molecule has 1 aliphatic heterocycles. The molecule has 36 heavy (non-hydrogen) atoms. The van der Waals surface area contributed by atoms with Crippen molar-refractivity contribution >= 4 is 11.8 Å². The molecule has 6 nitrogen and oxygen atoms in total. The minimum Gasteiger partial charge on any atom is -0.486 e. The van der Waals surface area contributed by atoms with Crippen LogP contribution in [0.3, 0.4) is 0 Å². The second-order valence-electron chi connectivity index (χ2n) is 8.73. The summed E-state index contributed by atoms with van der Waals surface area (Å²) in [6, 6.07) is 20.6. The normalized spacial score (nSPS) is 13.1. The first kappa shape index (κ1) is 25.2. The van der Waals surface area contributed by atoms with E-state index in [1.807, 2.05) is 55.5 Å². The predicted molar refractivity (Wildman–Crippen MR) is 135 cm³/mol. The lowest BCUT2D eigenvalue weighted by Gasteiger charge is -2.31.